The molecule has 0 saturated heterocycles. The molecule has 0 aliphatic carbocycles. The lowest BCUT2D eigenvalue weighted by atomic mass is 10.0. The average molecular weight is 1110 g/mol. The topological polar surface area (TPSA) is 78.9 Å². The highest BCUT2D eigenvalue weighted by atomic mass is 16.6. The minimum atomic E-state index is -0.771. The fraction of sp³-hybridized carbons (Fsp3) is 0.822. The molecule has 0 bridgehead atoms. The second-order valence-electron chi connectivity index (χ2n) is 23.4. The molecule has 1 unspecified atom stereocenters. The van der Waals surface area contributed by atoms with Gasteiger partial charge >= 0.3 is 17.9 Å². The van der Waals surface area contributed by atoms with E-state index in [-0.39, 0.29) is 31.1 Å². The van der Waals surface area contributed by atoms with Gasteiger partial charge in [-0.25, -0.2) is 0 Å². The van der Waals surface area contributed by atoms with Crippen molar-refractivity contribution >= 4 is 17.9 Å². The highest BCUT2D eigenvalue weighted by Gasteiger charge is 2.19. The van der Waals surface area contributed by atoms with Crippen LogP contribution < -0.4 is 0 Å². The number of hydrogen-bond donors (Lipinski definition) is 0. The molecule has 6 nitrogen and oxygen atoms in total. The van der Waals surface area contributed by atoms with Crippen LogP contribution in [0.5, 0.6) is 0 Å². The smallest absolute Gasteiger partial charge is 0.306 e. The van der Waals surface area contributed by atoms with Gasteiger partial charge in [0.15, 0.2) is 6.10 Å². The summed E-state index contributed by atoms with van der Waals surface area (Å²) in [7, 11) is 0. The third-order valence-electron chi connectivity index (χ3n) is 15.5. The molecule has 0 saturated carbocycles. The molecule has 0 rings (SSSR count). The maximum Gasteiger partial charge on any atom is 0.306 e. The minimum Gasteiger partial charge on any atom is -0.462 e. The van der Waals surface area contributed by atoms with Crippen molar-refractivity contribution in [3.8, 4) is 0 Å². The number of carbonyl (C=O) groups is 3. The summed E-state index contributed by atoms with van der Waals surface area (Å²) < 4.78 is 16.9. The highest BCUT2D eigenvalue weighted by Crippen LogP contribution is 2.18. The number of hydrogen-bond acceptors (Lipinski definition) is 6. The molecule has 0 radical (unpaired) electrons. The number of ether oxygens (including phenoxy) is 3. The van der Waals surface area contributed by atoms with Crippen molar-refractivity contribution < 1.29 is 28.6 Å². The molecule has 0 aromatic heterocycles. The molecule has 0 heterocycles. The van der Waals surface area contributed by atoms with Gasteiger partial charge in [0, 0.05) is 19.3 Å². The number of unbranched alkanes of at least 4 members (excludes halogenated alkanes) is 43. The van der Waals surface area contributed by atoms with Gasteiger partial charge in [0.05, 0.1) is 0 Å². The third-order valence-corrected chi connectivity index (χ3v) is 15.5. The van der Waals surface area contributed by atoms with Gasteiger partial charge in [-0.1, -0.05) is 345 Å². The summed E-state index contributed by atoms with van der Waals surface area (Å²) in [5.41, 5.74) is 0. The summed E-state index contributed by atoms with van der Waals surface area (Å²) in [6.45, 7) is 6.55. The van der Waals surface area contributed by atoms with E-state index in [0.717, 1.165) is 89.9 Å². The summed E-state index contributed by atoms with van der Waals surface area (Å²) >= 11 is 0. The molecule has 0 aromatic rings. The Kier molecular flexibility index (Phi) is 65.1. The van der Waals surface area contributed by atoms with Crippen molar-refractivity contribution in [2.24, 2.45) is 0 Å². The number of carbonyl (C=O) groups excluding carboxylic acids is 3. The first-order chi connectivity index (χ1) is 39.0. The molecule has 0 fully saturated rings. The summed E-state index contributed by atoms with van der Waals surface area (Å²) in [4.78, 5) is 38.2. The van der Waals surface area contributed by atoms with Crippen LogP contribution in [-0.4, -0.2) is 37.2 Å². The number of allylic oxidation sites excluding steroid dienone is 10. The zero-order valence-corrected chi connectivity index (χ0v) is 52.9. The van der Waals surface area contributed by atoms with Gasteiger partial charge in [0.2, 0.25) is 0 Å². The van der Waals surface area contributed by atoms with Gasteiger partial charge in [-0.3, -0.25) is 14.4 Å². The second-order valence-corrected chi connectivity index (χ2v) is 23.4. The van der Waals surface area contributed by atoms with Gasteiger partial charge in [0.25, 0.3) is 0 Å². The summed E-state index contributed by atoms with van der Waals surface area (Å²) in [6.07, 6.45) is 87.0. The molecule has 0 aliphatic rings. The lowest BCUT2D eigenvalue weighted by Crippen LogP contribution is -2.30. The Morgan fingerprint density at radius 2 is 0.494 bits per heavy atom. The standard InChI is InChI=1S/C73H132O6/c1-4-7-10-13-16-19-21-23-25-27-29-31-33-35-37-39-40-42-44-46-48-50-52-54-57-60-63-66-72(75)78-69-70(68-77-71(74)65-62-59-56-18-15-12-9-6-3)79-73(76)67-64-61-58-55-53-51-49-47-45-43-41-38-36-34-32-30-28-26-24-22-20-17-14-11-8-5-2/h7,10,16,19,23,25,29,31,35,37,70H,4-6,8-9,11-15,17-18,20-22,24,26-28,30,32-34,36,38-69H2,1-3H3/b10-7-,19-16-,25-23-,31-29-,37-35-. The van der Waals surface area contributed by atoms with E-state index in [1.54, 1.807) is 0 Å². The molecule has 0 spiro atoms. The Morgan fingerprint density at radius 1 is 0.266 bits per heavy atom. The zero-order chi connectivity index (χ0) is 57.1. The van der Waals surface area contributed by atoms with Crippen LogP contribution >= 0.6 is 0 Å². The Labute approximate surface area is 491 Å². The lowest BCUT2D eigenvalue weighted by Gasteiger charge is -2.18. The van der Waals surface area contributed by atoms with E-state index in [9.17, 15) is 14.4 Å². The van der Waals surface area contributed by atoms with Gasteiger partial charge in [-0.2, -0.15) is 0 Å². The SMILES string of the molecule is CC/C=C\C/C=C\C/C=C\C/C=C\C/C=C\CCCCCCCCCCCCCC(=O)OCC(COC(=O)CCCCCCCCCC)OC(=O)CCCCCCCCCCCCCCCCCCCCCCCCCCCC. The van der Waals surface area contributed by atoms with Crippen LogP contribution in [0.15, 0.2) is 60.8 Å². The second kappa shape index (κ2) is 67.6. The van der Waals surface area contributed by atoms with E-state index in [0.29, 0.717) is 19.3 Å². The quantitative estimate of drug-likeness (QED) is 0.0261. The highest BCUT2D eigenvalue weighted by molar-refractivity contribution is 5.71. The molecule has 79 heavy (non-hydrogen) atoms. The fourth-order valence-corrected chi connectivity index (χ4v) is 10.4. The predicted molar refractivity (Wildman–Crippen MR) is 344 cm³/mol. The van der Waals surface area contributed by atoms with Crippen molar-refractivity contribution in [2.75, 3.05) is 13.2 Å². The summed E-state index contributed by atoms with van der Waals surface area (Å²) in [5.74, 6) is -0.855. The predicted octanol–water partition coefficient (Wildman–Crippen LogP) is 23.9. The molecule has 6 heteroatoms. The van der Waals surface area contributed by atoms with Crippen LogP contribution in [0.4, 0.5) is 0 Å². The fourth-order valence-electron chi connectivity index (χ4n) is 10.4. The van der Waals surface area contributed by atoms with Crippen LogP contribution in [0.3, 0.4) is 0 Å². The molecule has 0 aromatic carbocycles. The van der Waals surface area contributed by atoms with Gasteiger partial charge in [-0.05, 0) is 64.2 Å². The third kappa shape index (κ3) is 65.8. The minimum absolute atomic E-state index is 0.0700. The molecular formula is C73H132O6. The Bertz CT molecular complexity index is 1410. The van der Waals surface area contributed by atoms with Crippen molar-refractivity contribution in [3.05, 3.63) is 60.8 Å². The molecule has 0 N–H and O–H groups in total. The van der Waals surface area contributed by atoms with Gasteiger partial charge < -0.3 is 14.2 Å². The first-order valence-electron chi connectivity index (χ1n) is 34.8. The van der Waals surface area contributed by atoms with Crippen LogP contribution in [0, 0.1) is 0 Å². The first kappa shape index (κ1) is 76.1. The Morgan fingerprint density at radius 3 is 0.772 bits per heavy atom. The van der Waals surface area contributed by atoms with Crippen LogP contribution in [-0.2, 0) is 28.6 Å². The Hall–Kier alpha value is -2.89. The molecular weight excluding hydrogens is 973 g/mol. The van der Waals surface area contributed by atoms with E-state index in [1.165, 1.54) is 238 Å². The average Bonchev–Trinajstić information content (AvgIpc) is 3.45. The monoisotopic (exact) mass is 1110 g/mol. The normalized spacial score (nSPS) is 12.4. The lowest BCUT2D eigenvalue weighted by molar-refractivity contribution is -0.167. The van der Waals surface area contributed by atoms with Gasteiger partial charge in [-0.15, -0.1) is 0 Å². The van der Waals surface area contributed by atoms with E-state index in [4.69, 9.17) is 14.2 Å². The van der Waals surface area contributed by atoms with Crippen molar-refractivity contribution in [1.82, 2.24) is 0 Å². The Balaban J connectivity index is 4.10. The molecule has 1 atom stereocenters. The maximum atomic E-state index is 12.9. The molecule has 0 amide bonds. The van der Waals surface area contributed by atoms with Crippen LogP contribution in [0.25, 0.3) is 0 Å². The first-order valence-corrected chi connectivity index (χ1v) is 34.8. The van der Waals surface area contributed by atoms with E-state index >= 15 is 0 Å². The van der Waals surface area contributed by atoms with Gasteiger partial charge in [0.1, 0.15) is 13.2 Å². The van der Waals surface area contributed by atoms with E-state index in [1.807, 2.05) is 0 Å². The largest absolute Gasteiger partial charge is 0.462 e. The zero-order valence-electron chi connectivity index (χ0n) is 52.9. The number of rotatable bonds is 64. The van der Waals surface area contributed by atoms with Crippen molar-refractivity contribution in [2.45, 2.75) is 374 Å². The van der Waals surface area contributed by atoms with E-state index in [2.05, 4.69) is 81.5 Å². The molecule has 460 valence electrons. The molecule has 0 aliphatic heterocycles. The maximum absolute atomic E-state index is 12.9. The number of esters is 3. The van der Waals surface area contributed by atoms with Crippen LogP contribution in [0.1, 0.15) is 367 Å². The van der Waals surface area contributed by atoms with Crippen LogP contribution in [0.2, 0.25) is 0 Å². The summed E-state index contributed by atoms with van der Waals surface area (Å²) in [5, 5.41) is 0. The van der Waals surface area contributed by atoms with Crippen molar-refractivity contribution in [1.29, 1.82) is 0 Å². The van der Waals surface area contributed by atoms with E-state index < -0.39 is 6.10 Å². The summed E-state index contributed by atoms with van der Waals surface area (Å²) in [6, 6.07) is 0. The van der Waals surface area contributed by atoms with Crippen molar-refractivity contribution in [3.63, 3.8) is 0 Å².